The molecular formula is C14H16F3N5O3S. The molecule has 26 heavy (non-hydrogen) atoms. The molecule has 0 radical (unpaired) electrons. The number of nitrogens with zero attached hydrogens (tertiary/aromatic N) is 3. The van der Waals surface area contributed by atoms with Crippen molar-refractivity contribution >= 4 is 28.3 Å². The molecule has 2 aromatic heterocycles. The van der Waals surface area contributed by atoms with Crippen molar-refractivity contribution in [3.05, 3.63) is 29.0 Å². The summed E-state index contributed by atoms with van der Waals surface area (Å²) < 4.78 is 33.6. The van der Waals surface area contributed by atoms with Gasteiger partial charge in [-0.2, -0.15) is 18.3 Å². The molecule has 0 spiro atoms. The third-order valence-electron chi connectivity index (χ3n) is 3.36. The van der Waals surface area contributed by atoms with Crippen molar-refractivity contribution in [2.45, 2.75) is 26.2 Å². The molecule has 1 aliphatic rings. The van der Waals surface area contributed by atoms with Crippen LogP contribution in [0.3, 0.4) is 0 Å². The van der Waals surface area contributed by atoms with E-state index in [0.717, 1.165) is 17.9 Å². The minimum Gasteiger partial charge on any atom is -0.475 e. The number of carboxylic acids is 1. The number of rotatable bonds is 2. The van der Waals surface area contributed by atoms with Gasteiger partial charge in [0.25, 0.3) is 0 Å². The summed E-state index contributed by atoms with van der Waals surface area (Å²) >= 11 is 1.45. The Morgan fingerprint density at radius 2 is 2.15 bits per heavy atom. The van der Waals surface area contributed by atoms with Gasteiger partial charge in [-0.15, -0.1) is 11.3 Å². The highest BCUT2D eigenvalue weighted by Crippen LogP contribution is 2.17. The van der Waals surface area contributed by atoms with Gasteiger partial charge in [0.2, 0.25) is 5.91 Å². The van der Waals surface area contributed by atoms with E-state index in [1.807, 2.05) is 23.1 Å². The van der Waals surface area contributed by atoms with Crippen LogP contribution in [0.5, 0.6) is 0 Å². The number of carbonyl (C=O) groups excluding carboxylic acids is 1. The van der Waals surface area contributed by atoms with Crippen LogP contribution in [0.15, 0.2) is 17.6 Å². The maximum Gasteiger partial charge on any atom is 0.490 e. The van der Waals surface area contributed by atoms with E-state index in [2.05, 4.69) is 20.7 Å². The monoisotopic (exact) mass is 391 g/mol. The molecule has 2 aromatic rings. The number of thiazole rings is 1. The zero-order valence-electron chi connectivity index (χ0n) is 13.6. The summed E-state index contributed by atoms with van der Waals surface area (Å²) in [5, 5.41) is 20.1. The minimum absolute atomic E-state index is 0.00907. The normalized spacial score (nSPS) is 16.7. The summed E-state index contributed by atoms with van der Waals surface area (Å²) in [6.45, 7) is 3.92. The van der Waals surface area contributed by atoms with Crippen molar-refractivity contribution in [1.82, 2.24) is 20.1 Å². The third-order valence-corrected chi connectivity index (χ3v) is 4.23. The molecular weight excluding hydrogens is 375 g/mol. The molecule has 0 aromatic carbocycles. The van der Waals surface area contributed by atoms with Crippen molar-refractivity contribution < 1.29 is 27.9 Å². The Balaban J connectivity index is 0.000000298. The summed E-state index contributed by atoms with van der Waals surface area (Å²) in [5.41, 5.74) is 2.04. The summed E-state index contributed by atoms with van der Waals surface area (Å²) in [4.78, 5) is 25.4. The lowest BCUT2D eigenvalue weighted by atomic mass is 10.1. The van der Waals surface area contributed by atoms with Crippen LogP contribution in [0, 0.1) is 12.8 Å². The standard InChI is InChI=1S/C12H15N5OS.C2HF3O2/c1-8-7-19-12(15-8)16-11(18)9-4-13-5-10-2-3-14-17(10)6-9;3-2(4,5)1(6)7/h2-3,7,9,13H,4-6H2,1H3,(H,15,16,18);(H,6,7). The van der Waals surface area contributed by atoms with Gasteiger partial charge in [-0.1, -0.05) is 0 Å². The number of aryl methyl sites for hydroxylation is 1. The van der Waals surface area contributed by atoms with Crippen LogP contribution >= 0.6 is 11.3 Å². The van der Waals surface area contributed by atoms with Crippen LogP contribution in [0.1, 0.15) is 11.4 Å². The first kappa shape index (κ1) is 19.8. The van der Waals surface area contributed by atoms with Gasteiger partial charge in [0, 0.05) is 24.7 Å². The van der Waals surface area contributed by atoms with Crippen molar-refractivity contribution in [2.75, 3.05) is 11.9 Å². The Morgan fingerprint density at radius 3 is 2.73 bits per heavy atom. The number of alkyl halides is 3. The number of aromatic nitrogens is 3. The molecule has 1 amide bonds. The molecule has 0 fully saturated rings. The largest absolute Gasteiger partial charge is 0.490 e. The number of halogens is 3. The topological polar surface area (TPSA) is 109 Å². The van der Waals surface area contributed by atoms with E-state index in [-0.39, 0.29) is 11.8 Å². The molecule has 0 aliphatic carbocycles. The Hall–Kier alpha value is -2.47. The van der Waals surface area contributed by atoms with E-state index >= 15 is 0 Å². The predicted molar refractivity (Wildman–Crippen MR) is 86.6 cm³/mol. The molecule has 3 rings (SSSR count). The molecule has 0 saturated heterocycles. The highest BCUT2D eigenvalue weighted by Gasteiger charge is 2.38. The van der Waals surface area contributed by atoms with E-state index < -0.39 is 12.1 Å². The van der Waals surface area contributed by atoms with Crippen molar-refractivity contribution in [1.29, 1.82) is 0 Å². The first-order valence-corrected chi connectivity index (χ1v) is 8.29. The maximum atomic E-state index is 12.2. The van der Waals surface area contributed by atoms with Crippen LogP contribution in [-0.2, 0) is 22.7 Å². The molecule has 1 aliphatic heterocycles. The molecule has 1 unspecified atom stereocenters. The summed E-state index contributed by atoms with van der Waals surface area (Å²) in [6, 6.07) is 1.97. The smallest absolute Gasteiger partial charge is 0.475 e. The number of hydrogen-bond acceptors (Lipinski definition) is 6. The number of nitrogens with one attached hydrogen (secondary N) is 2. The fraction of sp³-hybridized carbons (Fsp3) is 0.429. The van der Waals surface area contributed by atoms with E-state index in [9.17, 15) is 18.0 Å². The van der Waals surface area contributed by atoms with Crippen molar-refractivity contribution in [2.24, 2.45) is 5.92 Å². The lowest BCUT2D eigenvalue weighted by Crippen LogP contribution is -2.32. The van der Waals surface area contributed by atoms with Gasteiger partial charge < -0.3 is 15.7 Å². The predicted octanol–water partition coefficient (Wildman–Crippen LogP) is 1.64. The van der Waals surface area contributed by atoms with E-state index in [1.54, 1.807) is 6.20 Å². The molecule has 1 atom stereocenters. The van der Waals surface area contributed by atoms with Crippen LogP contribution in [0.25, 0.3) is 0 Å². The highest BCUT2D eigenvalue weighted by atomic mass is 32.1. The lowest BCUT2D eigenvalue weighted by molar-refractivity contribution is -0.192. The van der Waals surface area contributed by atoms with E-state index in [0.29, 0.717) is 18.2 Å². The van der Waals surface area contributed by atoms with Gasteiger partial charge >= 0.3 is 12.1 Å². The Morgan fingerprint density at radius 1 is 1.46 bits per heavy atom. The number of fused-ring (bicyclic) bond motifs is 1. The van der Waals surface area contributed by atoms with Gasteiger partial charge in [-0.3, -0.25) is 9.48 Å². The zero-order valence-corrected chi connectivity index (χ0v) is 14.4. The molecule has 3 N–H and O–H groups in total. The second kappa shape index (κ2) is 8.27. The van der Waals surface area contributed by atoms with E-state index in [1.165, 1.54) is 11.3 Å². The Bertz CT molecular complexity index is 774. The fourth-order valence-corrected chi connectivity index (χ4v) is 2.81. The number of anilines is 1. The van der Waals surface area contributed by atoms with Crippen molar-refractivity contribution in [3.63, 3.8) is 0 Å². The first-order chi connectivity index (χ1) is 12.2. The first-order valence-electron chi connectivity index (χ1n) is 7.41. The average Bonchev–Trinajstić information content (AvgIpc) is 3.10. The second-order valence-corrected chi connectivity index (χ2v) is 6.28. The Labute approximate surface area is 150 Å². The van der Waals surface area contributed by atoms with Crippen LogP contribution in [0.4, 0.5) is 18.3 Å². The van der Waals surface area contributed by atoms with Gasteiger partial charge in [-0.05, 0) is 13.0 Å². The summed E-state index contributed by atoms with van der Waals surface area (Å²) in [5.74, 6) is -2.90. The summed E-state index contributed by atoms with van der Waals surface area (Å²) in [6.07, 6.45) is -3.32. The zero-order chi connectivity index (χ0) is 19.3. The third kappa shape index (κ3) is 5.52. The maximum absolute atomic E-state index is 12.2. The second-order valence-electron chi connectivity index (χ2n) is 5.42. The SMILES string of the molecule is Cc1csc(NC(=O)C2CNCc3ccnn3C2)n1.O=C(O)C(F)(F)F. The lowest BCUT2D eigenvalue weighted by Gasteiger charge is -2.13. The average molecular weight is 391 g/mol. The van der Waals surface area contributed by atoms with Gasteiger partial charge in [0.05, 0.1) is 23.9 Å². The van der Waals surface area contributed by atoms with Crippen LogP contribution in [-0.4, -0.2) is 44.5 Å². The molecule has 0 saturated carbocycles. The number of hydrogen-bond donors (Lipinski definition) is 3. The molecule has 142 valence electrons. The van der Waals surface area contributed by atoms with Crippen LogP contribution < -0.4 is 10.6 Å². The van der Waals surface area contributed by atoms with Gasteiger partial charge in [-0.25, -0.2) is 9.78 Å². The fourth-order valence-electron chi connectivity index (χ4n) is 2.12. The van der Waals surface area contributed by atoms with Crippen molar-refractivity contribution in [3.8, 4) is 0 Å². The Kier molecular flexibility index (Phi) is 6.32. The molecule has 12 heteroatoms. The van der Waals surface area contributed by atoms with Crippen LogP contribution in [0.2, 0.25) is 0 Å². The highest BCUT2D eigenvalue weighted by molar-refractivity contribution is 7.13. The molecule has 0 bridgehead atoms. The molecule has 3 heterocycles. The summed E-state index contributed by atoms with van der Waals surface area (Å²) in [7, 11) is 0. The van der Waals surface area contributed by atoms with E-state index in [4.69, 9.17) is 9.90 Å². The number of carbonyl (C=O) groups is 2. The number of aliphatic carboxylic acids is 1. The minimum atomic E-state index is -5.08. The molecule has 8 nitrogen and oxygen atoms in total. The van der Waals surface area contributed by atoms with Gasteiger partial charge in [0.15, 0.2) is 5.13 Å². The number of carboxylic acid groups (broad SMARTS) is 1. The number of amides is 1. The quantitative estimate of drug-likeness (QED) is 0.718. The van der Waals surface area contributed by atoms with Gasteiger partial charge in [0.1, 0.15) is 0 Å².